The molecule has 5 heteroatoms. The van der Waals surface area contributed by atoms with Crippen molar-refractivity contribution in [3.8, 4) is 5.82 Å². The summed E-state index contributed by atoms with van der Waals surface area (Å²) >= 11 is 0. The van der Waals surface area contributed by atoms with E-state index in [1.165, 1.54) is 6.42 Å². The summed E-state index contributed by atoms with van der Waals surface area (Å²) in [5.74, 6) is 0.874. The monoisotopic (exact) mass is 215 g/mol. The predicted molar refractivity (Wildman–Crippen MR) is 59.1 cm³/mol. The minimum Gasteiger partial charge on any atom is -0.309 e. The summed E-state index contributed by atoms with van der Waals surface area (Å²) in [7, 11) is 0. The van der Waals surface area contributed by atoms with Crippen LogP contribution in [0.25, 0.3) is 5.82 Å². The molecule has 2 aromatic heterocycles. The quantitative estimate of drug-likeness (QED) is 0.814. The molecule has 0 aromatic carbocycles. The van der Waals surface area contributed by atoms with Crippen molar-refractivity contribution >= 4 is 0 Å². The highest BCUT2D eigenvalue weighted by atomic mass is 15.1. The van der Waals surface area contributed by atoms with Crippen molar-refractivity contribution in [2.75, 3.05) is 6.54 Å². The van der Waals surface area contributed by atoms with Crippen molar-refractivity contribution in [3.63, 3.8) is 0 Å². The number of hydrogen-bond acceptors (Lipinski definition) is 4. The van der Waals surface area contributed by atoms with Gasteiger partial charge in [-0.2, -0.15) is 0 Å². The van der Waals surface area contributed by atoms with Crippen molar-refractivity contribution in [3.05, 3.63) is 36.8 Å². The lowest BCUT2D eigenvalue weighted by Crippen LogP contribution is -2.17. The van der Waals surface area contributed by atoms with Gasteiger partial charge in [-0.05, 0) is 19.4 Å². The summed E-state index contributed by atoms with van der Waals surface area (Å²) in [6, 6.07) is 0.325. The Kier molecular flexibility index (Phi) is 2.38. The van der Waals surface area contributed by atoms with Gasteiger partial charge in [0.1, 0.15) is 12.0 Å². The molecule has 1 N–H and O–H groups in total. The van der Waals surface area contributed by atoms with Crippen LogP contribution in [0.1, 0.15) is 24.6 Å². The van der Waals surface area contributed by atoms with E-state index >= 15 is 0 Å². The Morgan fingerprint density at radius 1 is 1.25 bits per heavy atom. The molecule has 0 spiro atoms. The minimum atomic E-state index is 0.325. The number of rotatable bonds is 2. The zero-order chi connectivity index (χ0) is 10.8. The molecule has 5 nitrogen and oxygen atoms in total. The first kappa shape index (κ1) is 9.47. The lowest BCUT2D eigenvalue weighted by Gasteiger charge is -2.13. The molecule has 1 saturated heterocycles. The molecule has 0 bridgehead atoms. The summed E-state index contributed by atoms with van der Waals surface area (Å²) in [4.78, 5) is 12.9. The molecular formula is C11H13N5. The Morgan fingerprint density at radius 3 is 2.94 bits per heavy atom. The van der Waals surface area contributed by atoms with Crippen LogP contribution < -0.4 is 5.32 Å². The smallest absolute Gasteiger partial charge is 0.161 e. The van der Waals surface area contributed by atoms with Gasteiger partial charge in [0.05, 0.1) is 6.04 Å². The van der Waals surface area contributed by atoms with E-state index in [1.807, 2.05) is 10.8 Å². The minimum absolute atomic E-state index is 0.325. The van der Waals surface area contributed by atoms with Crippen LogP contribution in [-0.4, -0.2) is 26.1 Å². The van der Waals surface area contributed by atoms with Crippen LogP contribution in [0.15, 0.2) is 31.1 Å². The topological polar surface area (TPSA) is 55.6 Å². The van der Waals surface area contributed by atoms with Crippen LogP contribution in [-0.2, 0) is 0 Å². The van der Waals surface area contributed by atoms with Crippen LogP contribution in [0.5, 0.6) is 0 Å². The average Bonchev–Trinajstić information content (AvgIpc) is 3.03. The third-order valence-electron chi connectivity index (χ3n) is 2.85. The summed E-state index contributed by atoms with van der Waals surface area (Å²) in [5.41, 5.74) is 1.01. The first-order valence-corrected chi connectivity index (χ1v) is 5.48. The van der Waals surface area contributed by atoms with Crippen molar-refractivity contribution in [2.24, 2.45) is 0 Å². The van der Waals surface area contributed by atoms with Gasteiger partial charge in [-0.3, -0.25) is 9.55 Å². The number of nitrogens with zero attached hydrogens (tertiary/aromatic N) is 4. The highest BCUT2D eigenvalue weighted by Crippen LogP contribution is 2.24. The number of imidazole rings is 1. The molecule has 1 fully saturated rings. The van der Waals surface area contributed by atoms with E-state index in [-0.39, 0.29) is 0 Å². The maximum Gasteiger partial charge on any atom is 0.161 e. The van der Waals surface area contributed by atoms with E-state index in [0.717, 1.165) is 24.5 Å². The molecule has 3 rings (SSSR count). The Balaban J connectivity index is 2.04. The van der Waals surface area contributed by atoms with E-state index in [9.17, 15) is 0 Å². The summed E-state index contributed by atoms with van der Waals surface area (Å²) in [5, 5.41) is 3.44. The third kappa shape index (κ3) is 1.59. The molecular weight excluding hydrogens is 202 g/mol. The molecule has 1 aliphatic heterocycles. The van der Waals surface area contributed by atoms with Crippen LogP contribution in [0.4, 0.5) is 0 Å². The molecule has 0 radical (unpaired) electrons. The molecule has 0 amide bonds. The van der Waals surface area contributed by atoms with Crippen molar-refractivity contribution in [2.45, 2.75) is 18.9 Å². The highest BCUT2D eigenvalue weighted by Gasteiger charge is 2.21. The van der Waals surface area contributed by atoms with Crippen molar-refractivity contribution in [1.29, 1.82) is 0 Å². The largest absolute Gasteiger partial charge is 0.309 e. The fourth-order valence-electron chi connectivity index (χ4n) is 2.09. The first-order chi connectivity index (χ1) is 7.95. The van der Waals surface area contributed by atoms with Gasteiger partial charge < -0.3 is 5.32 Å². The summed E-state index contributed by atoms with van der Waals surface area (Å²) < 4.78 is 1.91. The van der Waals surface area contributed by atoms with Crippen LogP contribution in [0.3, 0.4) is 0 Å². The summed E-state index contributed by atoms with van der Waals surface area (Å²) in [6.45, 7) is 1.06. The number of nitrogens with one attached hydrogen (secondary N) is 1. The number of aromatic nitrogens is 4. The molecule has 0 unspecified atom stereocenters. The van der Waals surface area contributed by atoms with Crippen molar-refractivity contribution in [1.82, 2.24) is 24.8 Å². The Hall–Kier alpha value is -1.75. The molecule has 0 saturated carbocycles. The zero-order valence-electron chi connectivity index (χ0n) is 8.87. The summed E-state index contributed by atoms with van der Waals surface area (Å²) in [6.07, 6.45) is 11.2. The van der Waals surface area contributed by atoms with Gasteiger partial charge in [0.15, 0.2) is 5.82 Å². The van der Waals surface area contributed by atoms with Gasteiger partial charge in [0, 0.05) is 24.8 Å². The predicted octanol–water partition coefficient (Wildman–Crippen LogP) is 1.09. The van der Waals surface area contributed by atoms with E-state index in [4.69, 9.17) is 0 Å². The lowest BCUT2D eigenvalue weighted by atomic mass is 10.1. The average molecular weight is 215 g/mol. The van der Waals surface area contributed by atoms with Crippen LogP contribution in [0, 0.1) is 0 Å². The van der Waals surface area contributed by atoms with Gasteiger partial charge in [0.2, 0.25) is 0 Å². The Labute approximate surface area is 93.6 Å². The molecule has 1 aliphatic rings. The van der Waals surface area contributed by atoms with E-state index in [0.29, 0.717) is 6.04 Å². The van der Waals surface area contributed by atoms with E-state index in [2.05, 4.69) is 20.3 Å². The van der Waals surface area contributed by atoms with Crippen LogP contribution in [0.2, 0.25) is 0 Å². The number of hydrogen-bond donors (Lipinski definition) is 1. The fraction of sp³-hybridized carbons (Fsp3) is 0.364. The fourth-order valence-corrected chi connectivity index (χ4v) is 2.09. The zero-order valence-corrected chi connectivity index (χ0v) is 8.87. The third-order valence-corrected chi connectivity index (χ3v) is 2.85. The van der Waals surface area contributed by atoms with E-state index < -0.39 is 0 Å². The first-order valence-electron chi connectivity index (χ1n) is 5.48. The van der Waals surface area contributed by atoms with Gasteiger partial charge in [-0.25, -0.2) is 9.97 Å². The molecule has 82 valence electrons. The van der Waals surface area contributed by atoms with Gasteiger partial charge in [0.25, 0.3) is 0 Å². The van der Waals surface area contributed by atoms with Gasteiger partial charge in [-0.1, -0.05) is 0 Å². The molecule has 1 atom stereocenters. The second-order valence-corrected chi connectivity index (χ2v) is 3.88. The van der Waals surface area contributed by atoms with Gasteiger partial charge >= 0.3 is 0 Å². The molecule has 2 aromatic rings. The standard InChI is InChI=1S/C11H13N5/c1-2-9(13-3-1)10-11(15-5-4-14-10)16-7-6-12-8-16/h4-9,13H,1-3H2/t9-/m1/s1. The lowest BCUT2D eigenvalue weighted by molar-refractivity contribution is 0.618. The molecule has 3 heterocycles. The molecule has 16 heavy (non-hydrogen) atoms. The van der Waals surface area contributed by atoms with E-state index in [1.54, 1.807) is 24.9 Å². The second kappa shape index (κ2) is 4.02. The normalized spacial score (nSPS) is 20.1. The van der Waals surface area contributed by atoms with Gasteiger partial charge in [-0.15, -0.1) is 0 Å². The second-order valence-electron chi connectivity index (χ2n) is 3.88. The van der Waals surface area contributed by atoms with Crippen LogP contribution >= 0.6 is 0 Å². The maximum atomic E-state index is 4.44. The Morgan fingerprint density at radius 2 is 2.19 bits per heavy atom. The SMILES string of the molecule is c1cn(-c2nccnc2[C@H]2CCCN2)cn1. The van der Waals surface area contributed by atoms with Crippen molar-refractivity contribution < 1.29 is 0 Å². The maximum absolute atomic E-state index is 4.44. The molecule has 0 aliphatic carbocycles. The Bertz CT molecular complexity index is 459. The highest BCUT2D eigenvalue weighted by molar-refractivity contribution is 5.30.